The molecule has 1 saturated heterocycles. The number of aromatic amines is 1. The molecule has 0 spiro atoms. The summed E-state index contributed by atoms with van der Waals surface area (Å²) in [4.78, 5) is 24.5. The summed E-state index contributed by atoms with van der Waals surface area (Å²) in [6.45, 7) is 5.39. The van der Waals surface area contributed by atoms with Crippen molar-refractivity contribution in [2.45, 2.75) is 26.3 Å². The van der Waals surface area contributed by atoms with Crippen molar-refractivity contribution in [3.05, 3.63) is 46.6 Å². The van der Waals surface area contributed by atoms with Gasteiger partial charge in [-0.05, 0) is 32.2 Å². The van der Waals surface area contributed by atoms with E-state index in [1.54, 1.807) is 23.7 Å². The molecule has 6 nitrogen and oxygen atoms in total. The van der Waals surface area contributed by atoms with Gasteiger partial charge >= 0.3 is 0 Å². The van der Waals surface area contributed by atoms with Crippen LogP contribution in [0.3, 0.4) is 0 Å². The Morgan fingerprint density at radius 2 is 2.21 bits per heavy atom. The van der Waals surface area contributed by atoms with Crippen molar-refractivity contribution in [3.8, 4) is 11.5 Å². The van der Waals surface area contributed by atoms with E-state index in [9.17, 15) is 0 Å². The van der Waals surface area contributed by atoms with Crippen molar-refractivity contribution >= 4 is 11.3 Å². The number of thiazole rings is 1. The van der Waals surface area contributed by atoms with Crippen molar-refractivity contribution in [1.82, 2.24) is 29.8 Å². The fraction of sp³-hybridized carbons (Fsp3) is 0.412. The second-order valence-electron chi connectivity index (χ2n) is 6.29. The first-order valence-electron chi connectivity index (χ1n) is 8.20. The highest BCUT2D eigenvalue weighted by atomic mass is 32.1. The fourth-order valence-electron chi connectivity index (χ4n) is 3.19. The van der Waals surface area contributed by atoms with Gasteiger partial charge in [0.15, 0.2) is 5.82 Å². The zero-order valence-corrected chi connectivity index (χ0v) is 14.5. The number of H-pyrrole nitrogens is 1. The maximum Gasteiger partial charge on any atom is 0.157 e. The summed E-state index contributed by atoms with van der Waals surface area (Å²) in [5, 5.41) is 0. The fourth-order valence-corrected chi connectivity index (χ4v) is 4.01. The van der Waals surface area contributed by atoms with E-state index in [-0.39, 0.29) is 0 Å². The minimum atomic E-state index is 0.655. The number of hydrogen-bond donors (Lipinski definition) is 1. The number of imidazole rings is 1. The van der Waals surface area contributed by atoms with Gasteiger partial charge in [0.2, 0.25) is 0 Å². The maximum atomic E-state index is 4.56. The number of nitrogens with one attached hydrogen (secondary N) is 1. The van der Waals surface area contributed by atoms with E-state index in [2.05, 4.69) is 36.7 Å². The Morgan fingerprint density at radius 3 is 2.92 bits per heavy atom. The van der Waals surface area contributed by atoms with Gasteiger partial charge in [0, 0.05) is 36.6 Å². The summed E-state index contributed by atoms with van der Waals surface area (Å²) in [7, 11) is 0. The SMILES string of the molecule is Cc1ncsc1CN1CCC(Cc2cnc(-c3ncc[nH]3)cn2)C1. The number of likely N-dealkylation sites (tertiary alicyclic amines) is 1. The average molecular weight is 340 g/mol. The van der Waals surface area contributed by atoms with Crippen LogP contribution >= 0.6 is 11.3 Å². The molecule has 0 amide bonds. The van der Waals surface area contributed by atoms with E-state index >= 15 is 0 Å². The molecule has 0 aliphatic carbocycles. The number of rotatable bonds is 5. The van der Waals surface area contributed by atoms with Crippen molar-refractivity contribution in [1.29, 1.82) is 0 Å². The van der Waals surface area contributed by atoms with Crippen molar-refractivity contribution < 1.29 is 0 Å². The Morgan fingerprint density at radius 1 is 1.25 bits per heavy atom. The van der Waals surface area contributed by atoms with Crippen LogP contribution in [0.1, 0.15) is 22.7 Å². The van der Waals surface area contributed by atoms with Crippen molar-refractivity contribution in [3.63, 3.8) is 0 Å². The van der Waals surface area contributed by atoms with E-state index in [1.807, 2.05) is 17.9 Å². The molecule has 1 fully saturated rings. The van der Waals surface area contributed by atoms with Gasteiger partial charge in [-0.15, -0.1) is 11.3 Å². The Hall–Kier alpha value is -2.12. The largest absolute Gasteiger partial charge is 0.343 e. The zero-order chi connectivity index (χ0) is 16.4. The normalized spacial score (nSPS) is 18.3. The highest BCUT2D eigenvalue weighted by Crippen LogP contribution is 2.24. The molecule has 4 heterocycles. The topological polar surface area (TPSA) is 70.6 Å². The Balaban J connectivity index is 1.34. The van der Waals surface area contributed by atoms with Crippen LogP contribution < -0.4 is 0 Å². The number of nitrogens with zero attached hydrogens (tertiary/aromatic N) is 5. The smallest absolute Gasteiger partial charge is 0.157 e. The highest BCUT2D eigenvalue weighted by Gasteiger charge is 2.24. The molecular weight excluding hydrogens is 320 g/mol. The van der Waals surface area contributed by atoms with Crippen LogP contribution in [0.5, 0.6) is 0 Å². The Bertz CT molecular complexity index is 780. The molecule has 0 saturated carbocycles. The van der Waals surface area contributed by atoms with Crippen LogP contribution in [0.15, 0.2) is 30.3 Å². The quantitative estimate of drug-likeness (QED) is 0.773. The molecule has 0 bridgehead atoms. The summed E-state index contributed by atoms with van der Waals surface area (Å²) in [5.41, 5.74) is 4.96. The Kier molecular flexibility index (Phi) is 4.36. The zero-order valence-electron chi connectivity index (χ0n) is 13.6. The Labute approximate surface area is 145 Å². The first-order valence-corrected chi connectivity index (χ1v) is 9.08. The number of aryl methyl sites for hydroxylation is 1. The lowest BCUT2D eigenvalue weighted by molar-refractivity contribution is 0.318. The van der Waals surface area contributed by atoms with Gasteiger partial charge in [-0.3, -0.25) is 9.88 Å². The van der Waals surface area contributed by atoms with Gasteiger partial charge in [-0.25, -0.2) is 15.0 Å². The van der Waals surface area contributed by atoms with Gasteiger partial charge in [0.1, 0.15) is 5.69 Å². The minimum absolute atomic E-state index is 0.655. The standard InChI is InChI=1S/C17H20N6S/c1-12-16(24-11-22-12)10-23-5-2-13(9-23)6-14-7-21-15(8-20-14)17-18-3-4-19-17/h3-4,7-8,11,13H,2,5-6,9-10H2,1H3,(H,18,19). The first-order chi connectivity index (χ1) is 11.8. The third-order valence-corrected chi connectivity index (χ3v) is 5.45. The van der Waals surface area contributed by atoms with Gasteiger partial charge in [-0.1, -0.05) is 0 Å². The van der Waals surface area contributed by atoms with Gasteiger partial charge in [-0.2, -0.15) is 0 Å². The molecule has 1 aliphatic rings. The van der Waals surface area contributed by atoms with Crippen molar-refractivity contribution in [2.24, 2.45) is 5.92 Å². The molecule has 0 radical (unpaired) electrons. The van der Waals surface area contributed by atoms with E-state index in [1.165, 1.54) is 17.0 Å². The van der Waals surface area contributed by atoms with E-state index in [0.717, 1.165) is 43.3 Å². The van der Waals surface area contributed by atoms with E-state index < -0.39 is 0 Å². The average Bonchev–Trinajstić information content (AvgIpc) is 3.33. The second-order valence-corrected chi connectivity index (χ2v) is 7.22. The molecular formula is C17H20N6S. The molecule has 4 rings (SSSR count). The third-order valence-electron chi connectivity index (χ3n) is 4.53. The lowest BCUT2D eigenvalue weighted by atomic mass is 10.0. The summed E-state index contributed by atoms with van der Waals surface area (Å²) < 4.78 is 0. The van der Waals surface area contributed by atoms with Crippen LogP contribution in [0.2, 0.25) is 0 Å². The third kappa shape index (κ3) is 3.37. The first kappa shape index (κ1) is 15.4. The lowest BCUT2D eigenvalue weighted by Gasteiger charge is -2.15. The summed E-state index contributed by atoms with van der Waals surface area (Å²) in [6, 6.07) is 0. The molecule has 1 aliphatic heterocycles. The van der Waals surface area contributed by atoms with Gasteiger partial charge in [0.25, 0.3) is 0 Å². The summed E-state index contributed by atoms with van der Waals surface area (Å²) in [6.07, 6.45) is 9.42. The van der Waals surface area contributed by atoms with Gasteiger partial charge < -0.3 is 4.98 Å². The molecule has 1 unspecified atom stereocenters. The molecule has 1 atom stereocenters. The van der Waals surface area contributed by atoms with E-state index in [0.29, 0.717) is 5.92 Å². The van der Waals surface area contributed by atoms with Crippen molar-refractivity contribution in [2.75, 3.05) is 13.1 Å². The summed E-state index contributed by atoms with van der Waals surface area (Å²) >= 11 is 1.76. The number of hydrogen-bond acceptors (Lipinski definition) is 6. The van der Waals surface area contributed by atoms with Gasteiger partial charge in [0.05, 0.1) is 23.1 Å². The van der Waals surface area contributed by atoms with Crippen LogP contribution in [-0.2, 0) is 13.0 Å². The van der Waals surface area contributed by atoms with Crippen LogP contribution in [0, 0.1) is 12.8 Å². The summed E-state index contributed by atoms with van der Waals surface area (Å²) in [5.74, 6) is 1.42. The minimum Gasteiger partial charge on any atom is -0.343 e. The lowest BCUT2D eigenvalue weighted by Crippen LogP contribution is -2.20. The number of aromatic nitrogens is 5. The molecule has 124 valence electrons. The molecule has 1 N–H and O–H groups in total. The van der Waals surface area contributed by atoms with E-state index in [4.69, 9.17) is 0 Å². The molecule has 0 aromatic carbocycles. The molecule has 24 heavy (non-hydrogen) atoms. The second kappa shape index (κ2) is 6.78. The molecule has 3 aromatic rings. The maximum absolute atomic E-state index is 4.56. The van der Waals surface area contributed by atoms with Crippen LogP contribution in [0.25, 0.3) is 11.5 Å². The molecule has 7 heteroatoms. The highest BCUT2D eigenvalue weighted by molar-refractivity contribution is 7.09. The molecule has 3 aromatic heterocycles. The predicted octanol–water partition coefficient (Wildman–Crippen LogP) is 2.70. The predicted molar refractivity (Wildman–Crippen MR) is 93.6 cm³/mol. The van der Waals surface area contributed by atoms with Crippen LogP contribution in [0.4, 0.5) is 0 Å². The van der Waals surface area contributed by atoms with Crippen LogP contribution in [-0.4, -0.2) is 42.9 Å². The monoisotopic (exact) mass is 340 g/mol.